The van der Waals surface area contributed by atoms with Crippen LogP contribution in [-0.4, -0.2) is 29.2 Å². The Morgan fingerprint density at radius 3 is 2.45 bits per heavy atom. The van der Waals surface area contributed by atoms with Gasteiger partial charge >= 0.3 is 0 Å². The van der Waals surface area contributed by atoms with Crippen molar-refractivity contribution in [3.05, 3.63) is 53.7 Å². The minimum atomic E-state index is -0.197. The van der Waals surface area contributed by atoms with Gasteiger partial charge in [0, 0.05) is 13.1 Å². The molecule has 1 aliphatic rings. The molecule has 1 amide bonds. The number of anilines is 1. The molecule has 0 bridgehead atoms. The van der Waals surface area contributed by atoms with Crippen LogP contribution in [0.25, 0.3) is 0 Å². The molecule has 1 unspecified atom stereocenters. The largest absolute Gasteiger partial charge is 0.355 e. The van der Waals surface area contributed by atoms with Gasteiger partial charge in [0.05, 0.1) is 6.04 Å². The van der Waals surface area contributed by atoms with Crippen molar-refractivity contribution in [2.24, 2.45) is 0 Å². The Bertz CT molecular complexity index is 621. The summed E-state index contributed by atoms with van der Waals surface area (Å²) in [6.45, 7) is 4.00. The molecule has 2 aromatic rings. The topological polar surface area (TPSA) is 58.1 Å². The fourth-order valence-corrected chi connectivity index (χ4v) is 2.66. The molecule has 1 aliphatic heterocycles. The van der Waals surface area contributed by atoms with Gasteiger partial charge in [-0.25, -0.2) is 0 Å². The van der Waals surface area contributed by atoms with Gasteiger partial charge in [-0.2, -0.15) is 0 Å². The SMILES string of the molecule is CC(NC(=O)c1ccc(N2CCCC2)nn1)c1ccccc1. The normalized spacial score (nSPS) is 15.6. The molecule has 1 atom stereocenters. The maximum absolute atomic E-state index is 12.2. The highest BCUT2D eigenvalue weighted by atomic mass is 16.2. The molecule has 0 spiro atoms. The zero-order chi connectivity index (χ0) is 15.4. The van der Waals surface area contributed by atoms with E-state index in [0.29, 0.717) is 5.69 Å². The van der Waals surface area contributed by atoms with Gasteiger partial charge in [0.2, 0.25) is 0 Å². The van der Waals surface area contributed by atoms with Crippen LogP contribution in [0.1, 0.15) is 41.9 Å². The number of nitrogens with zero attached hydrogens (tertiary/aromatic N) is 3. The Balaban J connectivity index is 1.64. The van der Waals surface area contributed by atoms with Crippen LogP contribution in [0.5, 0.6) is 0 Å². The number of hydrogen-bond acceptors (Lipinski definition) is 4. The highest BCUT2D eigenvalue weighted by Crippen LogP contribution is 2.17. The molecule has 0 aliphatic carbocycles. The smallest absolute Gasteiger partial charge is 0.272 e. The number of aromatic nitrogens is 2. The maximum Gasteiger partial charge on any atom is 0.272 e. The van der Waals surface area contributed by atoms with Gasteiger partial charge in [0.25, 0.3) is 5.91 Å². The summed E-state index contributed by atoms with van der Waals surface area (Å²) >= 11 is 0. The third-order valence-corrected chi connectivity index (χ3v) is 3.96. The monoisotopic (exact) mass is 296 g/mol. The first kappa shape index (κ1) is 14.5. The number of benzene rings is 1. The first-order valence-electron chi connectivity index (χ1n) is 7.68. The Morgan fingerprint density at radius 1 is 1.09 bits per heavy atom. The van der Waals surface area contributed by atoms with E-state index in [1.807, 2.05) is 43.3 Å². The second-order valence-electron chi connectivity index (χ2n) is 5.58. The Morgan fingerprint density at radius 2 is 1.82 bits per heavy atom. The quantitative estimate of drug-likeness (QED) is 0.942. The molecule has 0 radical (unpaired) electrons. The number of carbonyl (C=O) groups is 1. The van der Waals surface area contributed by atoms with Gasteiger partial charge in [0.1, 0.15) is 0 Å². The summed E-state index contributed by atoms with van der Waals surface area (Å²) < 4.78 is 0. The van der Waals surface area contributed by atoms with Gasteiger partial charge in [-0.1, -0.05) is 30.3 Å². The molecule has 0 saturated carbocycles. The summed E-state index contributed by atoms with van der Waals surface area (Å²) in [5.41, 5.74) is 1.42. The minimum absolute atomic E-state index is 0.0613. The number of hydrogen-bond donors (Lipinski definition) is 1. The lowest BCUT2D eigenvalue weighted by atomic mass is 10.1. The third kappa shape index (κ3) is 3.24. The predicted octanol–water partition coefficient (Wildman–Crippen LogP) is 2.57. The molecule has 1 aromatic carbocycles. The third-order valence-electron chi connectivity index (χ3n) is 3.96. The molecular formula is C17H20N4O. The predicted molar refractivity (Wildman–Crippen MR) is 85.8 cm³/mol. The van der Waals surface area contributed by atoms with Crippen molar-refractivity contribution in [1.82, 2.24) is 15.5 Å². The maximum atomic E-state index is 12.2. The Labute approximate surface area is 130 Å². The zero-order valence-corrected chi connectivity index (χ0v) is 12.7. The Hall–Kier alpha value is -2.43. The summed E-state index contributed by atoms with van der Waals surface area (Å²) in [5.74, 6) is 0.655. The van der Waals surface area contributed by atoms with Crippen molar-refractivity contribution < 1.29 is 4.79 Å². The average molecular weight is 296 g/mol. The zero-order valence-electron chi connectivity index (χ0n) is 12.7. The van der Waals surface area contributed by atoms with E-state index in [0.717, 1.165) is 24.5 Å². The van der Waals surface area contributed by atoms with Crippen LogP contribution in [0.4, 0.5) is 5.82 Å². The molecule has 22 heavy (non-hydrogen) atoms. The van der Waals surface area contributed by atoms with Gasteiger partial charge in [-0.05, 0) is 37.5 Å². The number of carbonyl (C=O) groups excluding carboxylic acids is 1. The lowest BCUT2D eigenvalue weighted by Gasteiger charge is -2.16. The molecule has 5 heteroatoms. The molecule has 1 aromatic heterocycles. The minimum Gasteiger partial charge on any atom is -0.355 e. The number of rotatable bonds is 4. The fourth-order valence-electron chi connectivity index (χ4n) is 2.66. The molecular weight excluding hydrogens is 276 g/mol. The summed E-state index contributed by atoms with van der Waals surface area (Å²) in [4.78, 5) is 14.4. The number of nitrogens with one attached hydrogen (secondary N) is 1. The number of amides is 1. The first-order chi connectivity index (χ1) is 10.7. The van der Waals surface area contributed by atoms with Crippen LogP contribution in [0.15, 0.2) is 42.5 Å². The highest BCUT2D eigenvalue weighted by molar-refractivity contribution is 5.92. The van der Waals surface area contributed by atoms with Gasteiger partial charge in [0.15, 0.2) is 11.5 Å². The van der Waals surface area contributed by atoms with Crippen molar-refractivity contribution in [1.29, 1.82) is 0 Å². The van der Waals surface area contributed by atoms with Crippen LogP contribution in [0, 0.1) is 0 Å². The van der Waals surface area contributed by atoms with Crippen LogP contribution in [0.2, 0.25) is 0 Å². The molecule has 3 rings (SSSR count). The van der Waals surface area contributed by atoms with E-state index in [2.05, 4.69) is 20.4 Å². The van der Waals surface area contributed by atoms with Crippen molar-refractivity contribution in [3.63, 3.8) is 0 Å². The van der Waals surface area contributed by atoms with Crippen molar-refractivity contribution >= 4 is 11.7 Å². The summed E-state index contributed by atoms with van der Waals surface area (Å²) in [6.07, 6.45) is 2.39. The van der Waals surface area contributed by atoms with Gasteiger partial charge in [-0.15, -0.1) is 10.2 Å². The van der Waals surface area contributed by atoms with E-state index in [1.165, 1.54) is 12.8 Å². The molecule has 1 saturated heterocycles. The fraction of sp³-hybridized carbons (Fsp3) is 0.353. The van der Waals surface area contributed by atoms with E-state index in [4.69, 9.17) is 0 Å². The van der Waals surface area contributed by atoms with Crippen molar-refractivity contribution in [2.75, 3.05) is 18.0 Å². The van der Waals surface area contributed by atoms with Crippen molar-refractivity contribution in [3.8, 4) is 0 Å². The van der Waals surface area contributed by atoms with Gasteiger partial charge in [-0.3, -0.25) is 4.79 Å². The summed E-state index contributed by atoms with van der Waals surface area (Å²) in [7, 11) is 0. The van der Waals surface area contributed by atoms with E-state index < -0.39 is 0 Å². The standard InChI is InChI=1S/C17H20N4O/c1-13(14-7-3-2-4-8-14)18-17(22)15-9-10-16(20-19-15)21-11-5-6-12-21/h2-4,7-10,13H,5-6,11-12H2,1H3,(H,18,22). The molecule has 114 valence electrons. The Kier molecular flexibility index (Phi) is 4.32. The lowest BCUT2D eigenvalue weighted by molar-refractivity contribution is 0.0934. The van der Waals surface area contributed by atoms with Crippen molar-refractivity contribution in [2.45, 2.75) is 25.8 Å². The second-order valence-corrected chi connectivity index (χ2v) is 5.58. The van der Waals surface area contributed by atoms with E-state index in [9.17, 15) is 4.79 Å². The van der Waals surface area contributed by atoms with E-state index in [1.54, 1.807) is 6.07 Å². The van der Waals surface area contributed by atoms with E-state index >= 15 is 0 Å². The van der Waals surface area contributed by atoms with Crippen LogP contribution in [-0.2, 0) is 0 Å². The first-order valence-corrected chi connectivity index (χ1v) is 7.68. The second kappa shape index (κ2) is 6.56. The molecule has 1 N–H and O–H groups in total. The van der Waals surface area contributed by atoms with Crippen LogP contribution >= 0.6 is 0 Å². The van der Waals surface area contributed by atoms with Crippen LogP contribution < -0.4 is 10.2 Å². The summed E-state index contributed by atoms with van der Waals surface area (Å²) in [6, 6.07) is 13.4. The molecule has 2 heterocycles. The molecule has 5 nitrogen and oxygen atoms in total. The summed E-state index contributed by atoms with van der Waals surface area (Å²) in [5, 5.41) is 11.2. The highest BCUT2D eigenvalue weighted by Gasteiger charge is 2.16. The average Bonchev–Trinajstić information content (AvgIpc) is 3.10. The van der Waals surface area contributed by atoms with E-state index in [-0.39, 0.29) is 11.9 Å². The lowest BCUT2D eigenvalue weighted by Crippen LogP contribution is -2.28. The molecule has 1 fully saturated rings. The van der Waals surface area contributed by atoms with Crippen LogP contribution in [0.3, 0.4) is 0 Å². The van der Waals surface area contributed by atoms with Gasteiger partial charge < -0.3 is 10.2 Å².